The van der Waals surface area contributed by atoms with Gasteiger partial charge in [-0.25, -0.2) is 0 Å². The van der Waals surface area contributed by atoms with Crippen LogP contribution in [0.15, 0.2) is 84.9 Å². The Morgan fingerprint density at radius 3 is 1.29 bits per heavy atom. The van der Waals surface area contributed by atoms with E-state index in [2.05, 4.69) is 121 Å². The molecule has 2 unspecified atom stereocenters. The quantitative estimate of drug-likeness (QED) is 0.0862. The summed E-state index contributed by atoms with van der Waals surface area (Å²) >= 11 is 4.50. The number of benzene rings is 4. The molecule has 0 saturated heterocycles. The molecule has 0 amide bonds. The first kappa shape index (κ1) is 39.2. The summed E-state index contributed by atoms with van der Waals surface area (Å²) in [5.41, 5.74) is 4.61. The molecule has 0 aromatic heterocycles. The van der Waals surface area contributed by atoms with Gasteiger partial charge in [-0.15, -0.1) is 0 Å². The molecular formula is C41H50I2O6. The van der Waals surface area contributed by atoms with Crippen LogP contribution in [-0.4, -0.2) is 48.8 Å². The van der Waals surface area contributed by atoms with Gasteiger partial charge in [0, 0.05) is 12.6 Å². The van der Waals surface area contributed by atoms with E-state index in [4.69, 9.17) is 18.9 Å². The van der Waals surface area contributed by atoms with Gasteiger partial charge in [-0.05, 0) is 148 Å². The number of unbranched alkanes of at least 4 members (excludes halogenated alkanes) is 2. The number of aliphatic hydroxyl groups excluding tert-OH is 2. The second kappa shape index (κ2) is 19.7. The zero-order valence-corrected chi connectivity index (χ0v) is 33.4. The maximum Gasteiger partial charge on any atom is 0.122 e. The van der Waals surface area contributed by atoms with Gasteiger partial charge in [0.15, 0.2) is 0 Å². The molecule has 8 heteroatoms. The van der Waals surface area contributed by atoms with Gasteiger partial charge >= 0.3 is 0 Å². The minimum Gasteiger partial charge on any atom is -0.491 e. The third kappa shape index (κ3) is 12.9. The lowest BCUT2D eigenvalue weighted by molar-refractivity contribution is 0.0626. The van der Waals surface area contributed by atoms with Crippen molar-refractivity contribution >= 4 is 45.2 Å². The van der Waals surface area contributed by atoms with Crippen molar-refractivity contribution in [2.24, 2.45) is 0 Å². The molecule has 4 rings (SSSR count). The maximum atomic E-state index is 10.6. The van der Waals surface area contributed by atoms with Crippen molar-refractivity contribution in [2.75, 3.05) is 26.4 Å². The third-order valence-electron chi connectivity index (χ3n) is 8.42. The van der Waals surface area contributed by atoms with Crippen LogP contribution >= 0.6 is 45.2 Å². The number of halogens is 2. The Morgan fingerprint density at radius 1 is 0.531 bits per heavy atom. The van der Waals surface area contributed by atoms with Gasteiger partial charge in [0.1, 0.15) is 61.6 Å². The van der Waals surface area contributed by atoms with Gasteiger partial charge < -0.3 is 29.2 Å². The topological polar surface area (TPSA) is 77.4 Å². The number of rotatable bonds is 20. The van der Waals surface area contributed by atoms with Crippen LogP contribution in [0.2, 0.25) is 0 Å². The van der Waals surface area contributed by atoms with Crippen molar-refractivity contribution in [3.63, 3.8) is 0 Å². The summed E-state index contributed by atoms with van der Waals surface area (Å²) in [6.07, 6.45) is 5.21. The van der Waals surface area contributed by atoms with Gasteiger partial charge in [0.25, 0.3) is 0 Å². The smallest absolute Gasteiger partial charge is 0.122 e. The largest absolute Gasteiger partial charge is 0.491 e. The highest BCUT2D eigenvalue weighted by molar-refractivity contribution is 14.1. The molecule has 0 heterocycles. The molecule has 49 heavy (non-hydrogen) atoms. The van der Waals surface area contributed by atoms with E-state index in [1.165, 1.54) is 11.1 Å². The molecule has 0 aliphatic carbocycles. The summed E-state index contributed by atoms with van der Waals surface area (Å²) in [5.74, 6) is 2.94. The van der Waals surface area contributed by atoms with E-state index in [0.717, 1.165) is 68.3 Å². The third-order valence-corrected chi connectivity index (χ3v) is 9.67. The van der Waals surface area contributed by atoms with E-state index in [9.17, 15) is 10.2 Å². The predicted octanol–water partition coefficient (Wildman–Crippen LogP) is 9.54. The first-order chi connectivity index (χ1) is 23.5. The van der Waals surface area contributed by atoms with Crippen LogP contribution in [0.5, 0.6) is 23.0 Å². The monoisotopic (exact) mass is 892 g/mol. The highest BCUT2D eigenvalue weighted by atomic mass is 127. The second-order valence-electron chi connectivity index (χ2n) is 13.0. The fourth-order valence-corrected chi connectivity index (χ4v) is 7.32. The van der Waals surface area contributed by atoms with Crippen molar-refractivity contribution in [3.05, 3.63) is 114 Å². The minimum absolute atomic E-state index is 0.137. The van der Waals surface area contributed by atoms with E-state index < -0.39 is 12.2 Å². The molecule has 0 spiro atoms. The van der Waals surface area contributed by atoms with Crippen LogP contribution in [0.3, 0.4) is 0 Å². The molecule has 2 N–H and O–H groups in total. The summed E-state index contributed by atoms with van der Waals surface area (Å²) in [6, 6.07) is 28.4. The summed E-state index contributed by atoms with van der Waals surface area (Å²) in [6.45, 7) is 9.39. The zero-order valence-electron chi connectivity index (χ0n) is 29.1. The molecule has 0 fully saturated rings. The molecule has 0 saturated carbocycles. The number of hydrogen-bond acceptors (Lipinski definition) is 6. The lowest BCUT2D eigenvalue weighted by Crippen LogP contribution is -2.25. The SMILES string of the molecule is CCCCc1cc(CCCC)cc(OCC(O)COc2ccc(C(C)(C)c3ccc(OCC(O)COc4cc(I)cc(I)c4)cc3)cc2)c1. The number of hydrogen-bond donors (Lipinski definition) is 2. The first-order valence-corrected chi connectivity index (χ1v) is 19.4. The van der Waals surface area contributed by atoms with Crippen LogP contribution in [0, 0.1) is 7.14 Å². The predicted molar refractivity (Wildman–Crippen MR) is 215 cm³/mol. The Labute approximate surface area is 319 Å². The Hall–Kier alpha value is -2.54. The molecule has 0 aliphatic heterocycles. The van der Waals surface area contributed by atoms with Crippen molar-refractivity contribution in [2.45, 2.75) is 83.8 Å². The standard InChI is InChI=1S/C41H50I2O6/c1-5-7-9-29-19-30(10-8-6-2)21-39(20-29)48-27-35(44)25-46-37-15-11-31(12-16-37)41(3,4)32-13-17-38(18-14-32)47-26-36(45)28-49-40-23-33(42)22-34(43)24-40/h11-24,35-36,44-45H,5-10,25-28H2,1-4H3. The van der Waals surface area contributed by atoms with E-state index in [0.29, 0.717) is 11.5 Å². The molecule has 4 aromatic rings. The average molecular weight is 893 g/mol. The summed E-state index contributed by atoms with van der Waals surface area (Å²) < 4.78 is 25.7. The number of ether oxygens (including phenoxy) is 4. The van der Waals surface area contributed by atoms with E-state index in [1.807, 2.05) is 36.4 Å². The highest BCUT2D eigenvalue weighted by Crippen LogP contribution is 2.33. The number of aryl methyl sites for hydroxylation is 2. The Balaban J connectivity index is 1.24. The van der Waals surface area contributed by atoms with Crippen LogP contribution < -0.4 is 18.9 Å². The molecule has 264 valence electrons. The molecule has 0 aliphatic rings. The lowest BCUT2D eigenvalue weighted by Gasteiger charge is -2.26. The maximum absolute atomic E-state index is 10.6. The van der Waals surface area contributed by atoms with Crippen molar-refractivity contribution in [3.8, 4) is 23.0 Å². The molecular weight excluding hydrogens is 842 g/mol. The van der Waals surface area contributed by atoms with Gasteiger partial charge in [0.2, 0.25) is 0 Å². The normalized spacial score (nSPS) is 12.7. The Kier molecular flexibility index (Phi) is 15.8. The minimum atomic E-state index is -0.753. The summed E-state index contributed by atoms with van der Waals surface area (Å²) in [7, 11) is 0. The van der Waals surface area contributed by atoms with Crippen LogP contribution in [-0.2, 0) is 18.3 Å². The zero-order chi connectivity index (χ0) is 35.2. The fourth-order valence-electron chi connectivity index (χ4n) is 5.44. The lowest BCUT2D eigenvalue weighted by atomic mass is 9.78. The van der Waals surface area contributed by atoms with Crippen molar-refractivity contribution in [1.29, 1.82) is 0 Å². The van der Waals surface area contributed by atoms with Crippen molar-refractivity contribution < 1.29 is 29.2 Å². The van der Waals surface area contributed by atoms with E-state index >= 15 is 0 Å². The van der Waals surface area contributed by atoms with Gasteiger partial charge in [-0.3, -0.25) is 0 Å². The molecule has 0 radical (unpaired) electrons. The van der Waals surface area contributed by atoms with E-state index in [1.54, 1.807) is 0 Å². The van der Waals surface area contributed by atoms with Crippen LogP contribution in [0.1, 0.15) is 75.6 Å². The molecule has 4 aromatic carbocycles. The van der Waals surface area contributed by atoms with Crippen LogP contribution in [0.25, 0.3) is 0 Å². The first-order valence-electron chi connectivity index (χ1n) is 17.2. The van der Waals surface area contributed by atoms with Crippen LogP contribution in [0.4, 0.5) is 0 Å². The van der Waals surface area contributed by atoms with Crippen molar-refractivity contribution in [1.82, 2.24) is 0 Å². The van der Waals surface area contributed by atoms with Gasteiger partial charge in [-0.1, -0.05) is 70.9 Å². The second-order valence-corrected chi connectivity index (χ2v) is 15.5. The molecule has 2 atom stereocenters. The van der Waals surface area contributed by atoms with E-state index in [-0.39, 0.29) is 31.8 Å². The summed E-state index contributed by atoms with van der Waals surface area (Å²) in [5, 5.41) is 21.0. The average Bonchev–Trinajstić information content (AvgIpc) is 3.09. The van der Waals surface area contributed by atoms with Gasteiger partial charge in [0.05, 0.1) is 0 Å². The molecule has 0 bridgehead atoms. The summed E-state index contributed by atoms with van der Waals surface area (Å²) in [4.78, 5) is 0. The Morgan fingerprint density at radius 2 is 0.898 bits per heavy atom. The fraction of sp³-hybridized carbons (Fsp3) is 0.415. The number of aliphatic hydroxyl groups is 2. The Bertz CT molecular complexity index is 1530. The molecule has 6 nitrogen and oxygen atoms in total. The highest BCUT2D eigenvalue weighted by Gasteiger charge is 2.23. The van der Waals surface area contributed by atoms with Gasteiger partial charge in [-0.2, -0.15) is 0 Å².